The largest absolute Gasteiger partial charge is 0.423 e. The number of carbonyl (C=O) groups is 2. The molecule has 3 aromatic carbocycles. The highest BCUT2D eigenvalue weighted by Crippen LogP contribution is 2.14. The van der Waals surface area contributed by atoms with Crippen LogP contribution in [0.1, 0.15) is 27.0 Å². The number of sulfonamides is 1. The van der Waals surface area contributed by atoms with E-state index in [0.29, 0.717) is 16.9 Å². The lowest BCUT2D eigenvalue weighted by atomic mass is 10.1. The molecular formula is C24H23N3O5S. The lowest BCUT2D eigenvalue weighted by molar-refractivity contribution is -0.119. The first-order valence-corrected chi connectivity index (χ1v) is 11.5. The number of amides is 1. The number of nitrogens with zero attached hydrogens (tertiary/aromatic N) is 1. The van der Waals surface area contributed by atoms with Crippen molar-refractivity contribution in [3.8, 4) is 5.75 Å². The Kier molecular flexibility index (Phi) is 7.70. The van der Waals surface area contributed by atoms with Gasteiger partial charge < -0.3 is 4.74 Å². The Bertz CT molecular complexity index is 1250. The van der Waals surface area contributed by atoms with Crippen LogP contribution in [0.2, 0.25) is 0 Å². The normalized spacial score (nSPS) is 11.3. The third-order valence-electron chi connectivity index (χ3n) is 4.53. The van der Waals surface area contributed by atoms with Gasteiger partial charge >= 0.3 is 5.97 Å². The van der Waals surface area contributed by atoms with Crippen LogP contribution in [-0.2, 0) is 14.8 Å². The molecule has 0 aliphatic carbocycles. The number of benzene rings is 3. The molecule has 0 bridgehead atoms. The quantitative estimate of drug-likeness (QED) is 0.230. The molecule has 0 spiro atoms. The van der Waals surface area contributed by atoms with Crippen molar-refractivity contribution in [3.63, 3.8) is 0 Å². The molecule has 0 saturated heterocycles. The molecule has 170 valence electrons. The summed E-state index contributed by atoms with van der Waals surface area (Å²) in [6.07, 6.45) is 1.39. The second-order valence-corrected chi connectivity index (χ2v) is 9.02. The summed E-state index contributed by atoms with van der Waals surface area (Å²) in [4.78, 5) is 24.1. The van der Waals surface area contributed by atoms with Crippen LogP contribution in [0, 0.1) is 13.8 Å². The standard InChI is InChI=1S/C24H23N3O5S/c1-17-3-9-20(10-4-17)24(29)32-21-11-7-19(8-12-21)15-25-27-23(28)16-26-33(30,31)22-13-5-18(2)6-14-22/h3-15,26H,16H2,1-2H3,(H,27,28)/b25-15-. The molecule has 0 aliphatic heterocycles. The van der Waals surface area contributed by atoms with E-state index >= 15 is 0 Å². The molecule has 9 heteroatoms. The van der Waals surface area contributed by atoms with Crippen LogP contribution in [0.5, 0.6) is 5.75 Å². The summed E-state index contributed by atoms with van der Waals surface area (Å²) in [5.41, 5.74) is 5.33. The van der Waals surface area contributed by atoms with Crippen LogP contribution >= 0.6 is 0 Å². The third kappa shape index (κ3) is 7.09. The SMILES string of the molecule is Cc1ccc(C(=O)Oc2ccc(/C=N\NC(=O)CNS(=O)(=O)c3ccc(C)cc3)cc2)cc1. The number of hydrogen-bond donors (Lipinski definition) is 2. The Labute approximate surface area is 192 Å². The Morgan fingerprint density at radius 2 is 1.45 bits per heavy atom. The molecule has 3 rings (SSSR count). The van der Waals surface area contributed by atoms with Gasteiger partial charge in [0.25, 0.3) is 5.91 Å². The number of hydrogen-bond acceptors (Lipinski definition) is 6. The van der Waals surface area contributed by atoms with E-state index < -0.39 is 28.4 Å². The molecule has 0 radical (unpaired) electrons. The predicted octanol–water partition coefficient (Wildman–Crippen LogP) is 2.95. The summed E-state index contributed by atoms with van der Waals surface area (Å²) in [5, 5.41) is 3.81. The lowest BCUT2D eigenvalue weighted by Gasteiger charge is -2.06. The van der Waals surface area contributed by atoms with E-state index in [2.05, 4.69) is 15.2 Å². The fraction of sp³-hybridized carbons (Fsp3) is 0.125. The Morgan fingerprint density at radius 1 is 0.879 bits per heavy atom. The van der Waals surface area contributed by atoms with Gasteiger partial charge in [0.2, 0.25) is 10.0 Å². The van der Waals surface area contributed by atoms with Crippen molar-refractivity contribution >= 4 is 28.1 Å². The van der Waals surface area contributed by atoms with Crippen LogP contribution in [-0.4, -0.2) is 33.1 Å². The summed E-state index contributed by atoms with van der Waals surface area (Å²) >= 11 is 0. The first kappa shape index (κ1) is 23.8. The van der Waals surface area contributed by atoms with Crippen molar-refractivity contribution in [1.29, 1.82) is 0 Å². The second kappa shape index (κ2) is 10.7. The lowest BCUT2D eigenvalue weighted by Crippen LogP contribution is -2.34. The summed E-state index contributed by atoms with van der Waals surface area (Å²) in [7, 11) is -3.79. The molecule has 0 fully saturated rings. The van der Waals surface area contributed by atoms with E-state index in [1.807, 2.05) is 26.0 Å². The molecule has 1 amide bonds. The van der Waals surface area contributed by atoms with Gasteiger partial charge in [-0.2, -0.15) is 5.10 Å². The van der Waals surface area contributed by atoms with Gasteiger partial charge in [-0.1, -0.05) is 35.4 Å². The molecule has 8 nitrogen and oxygen atoms in total. The first-order chi connectivity index (χ1) is 15.7. The van der Waals surface area contributed by atoms with E-state index in [-0.39, 0.29) is 4.90 Å². The monoisotopic (exact) mass is 465 g/mol. The zero-order valence-corrected chi connectivity index (χ0v) is 18.9. The van der Waals surface area contributed by atoms with Crippen LogP contribution in [0.25, 0.3) is 0 Å². The molecule has 33 heavy (non-hydrogen) atoms. The topological polar surface area (TPSA) is 114 Å². The van der Waals surface area contributed by atoms with Gasteiger partial charge in [0.15, 0.2) is 0 Å². The number of nitrogens with one attached hydrogen (secondary N) is 2. The van der Waals surface area contributed by atoms with Gasteiger partial charge in [0.1, 0.15) is 5.75 Å². The summed E-state index contributed by atoms with van der Waals surface area (Å²) in [6, 6.07) is 19.9. The highest BCUT2D eigenvalue weighted by atomic mass is 32.2. The van der Waals surface area contributed by atoms with Crippen molar-refractivity contribution in [2.24, 2.45) is 5.10 Å². The smallest absolute Gasteiger partial charge is 0.343 e. The van der Waals surface area contributed by atoms with Gasteiger partial charge in [-0.3, -0.25) is 4.79 Å². The fourth-order valence-electron chi connectivity index (χ4n) is 2.66. The maximum Gasteiger partial charge on any atom is 0.343 e. The minimum Gasteiger partial charge on any atom is -0.423 e. The van der Waals surface area contributed by atoms with Crippen LogP contribution < -0.4 is 14.9 Å². The van der Waals surface area contributed by atoms with Crippen molar-refractivity contribution in [2.75, 3.05) is 6.54 Å². The van der Waals surface area contributed by atoms with E-state index in [1.165, 1.54) is 18.3 Å². The average molecular weight is 466 g/mol. The zero-order valence-electron chi connectivity index (χ0n) is 18.1. The van der Waals surface area contributed by atoms with Crippen molar-refractivity contribution in [2.45, 2.75) is 18.7 Å². The third-order valence-corrected chi connectivity index (χ3v) is 5.95. The first-order valence-electron chi connectivity index (χ1n) is 10.00. The molecule has 0 saturated carbocycles. The second-order valence-electron chi connectivity index (χ2n) is 7.26. The fourth-order valence-corrected chi connectivity index (χ4v) is 3.64. The molecule has 0 aromatic heterocycles. The average Bonchev–Trinajstić information content (AvgIpc) is 2.80. The zero-order chi connectivity index (χ0) is 23.8. The molecule has 0 unspecified atom stereocenters. The number of ether oxygens (including phenoxy) is 1. The van der Waals surface area contributed by atoms with Gasteiger partial charge in [0, 0.05) is 0 Å². The highest BCUT2D eigenvalue weighted by molar-refractivity contribution is 7.89. The van der Waals surface area contributed by atoms with Crippen molar-refractivity contribution in [1.82, 2.24) is 10.1 Å². The van der Waals surface area contributed by atoms with E-state index in [4.69, 9.17) is 4.74 Å². The minimum absolute atomic E-state index is 0.0765. The molecule has 3 aromatic rings. The molecule has 0 heterocycles. The molecule has 0 atom stereocenters. The number of aryl methyl sites for hydroxylation is 2. The van der Waals surface area contributed by atoms with Gasteiger partial charge in [-0.15, -0.1) is 0 Å². The number of rotatable bonds is 8. The minimum atomic E-state index is -3.79. The molecular weight excluding hydrogens is 442 g/mol. The summed E-state index contributed by atoms with van der Waals surface area (Å²) in [5.74, 6) is -0.713. The Hall–Kier alpha value is -3.82. The molecule has 2 N–H and O–H groups in total. The van der Waals surface area contributed by atoms with Gasteiger partial charge in [-0.05, 0) is 67.9 Å². The Morgan fingerprint density at radius 3 is 2.06 bits per heavy atom. The van der Waals surface area contributed by atoms with Crippen LogP contribution in [0.15, 0.2) is 82.8 Å². The van der Waals surface area contributed by atoms with Gasteiger partial charge in [-0.25, -0.2) is 23.4 Å². The molecule has 0 aliphatic rings. The van der Waals surface area contributed by atoms with Crippen LogP contribution in [0.4, 0.5) is 0 Å². The number of carbonyl (C=O) groups excluding carboxylic acids is 2. The maximum absolute atomic E-state index is 12.2. The van der Waals surface area contributed by atoms with Crippen molar-refractivity contribution in [3.05, 3.63) is 95.1 Å². The van der Waals surface area contributed by atoms with Gasteiger partial charge in [0.05, 0.1) is 23.2 Å². The summed E-state index contributed by atoms with van der Waals surface area (Å²) in [6.45, 7) is 3.32. The maximum atomic E-state index is 12.2. The van der Waals surface area contributed by atoms with E-state index in [1.54, 1.807) is 48.5 Å². The number of hydrazone groups is 1. The predicted molar refractivity (Wildman–Crippen MR) is 125 cm³/mol. The number of esters is 1. The summed E-state index contributed by atoms with van der Waals surface area (Å²) < 4.78 is 31.9. The Balaban J connectivity index is 1.47. The van der Waals surface area contributed by atoms with Crippen molar-refractivity contribution < 1.29 is 22.7 Å². The highest BCUT2D eigenvalue weighted by Gasteiger charge is 2.15. The van der Waals surface area contributed by atoms with E-state index in [0.717, 1.165) is 11.1 Å². The van der Waals surface area contributed by atoms with Crippen LogP contribution in [0.3, 0.4) is 0 Å². The van der Waals surface area contributed by atoms with E-state index in [9.17, 15) is 18.0 Å².